The third-order valence-corrected chi connectivity index (χ3v) is 4.54. The van der Waals surface area contributed by atoms with Crippen LogP contribution in [0.4, 0.5) is 4.79 Å². The van der Waals surface area contributed by atoms with Gasteiger partial charge in [0.2, 0.25) is 0 Å². The van der Waals surface area contributed by atoms with E-state index in [1.54, 1.807) is 26.2 Å². The Morgan fingerprint density at radius 2 is 1.84 bits per heavy atom. The number of ether oxygens (including phenoxy) is 2. The Labute approximate surface area is 148 Å². The molecule has 0 saturated carbocycles. The van der Waals surface area contributed by atoms with Crippen LogP contribution in [0.25, 0.3) is 0 Å². The van der Waals surface area contributed by atoms with Crippen LogP contribution in [-0.4, -0.2) is 25.7 Å². The molecule has 1 atom stereocenters. The van der Waals surface area contributed by atoms with E-state index >= 15 is 0 Å². The molecule has 1 aromatic carbocycles. The molecular formula is C19H26N2O4. The first-order valence-electron chi connectivity index (χ1n) is 8.59. The zero-order valence-electron chi connectivity index (χ0n) is 15.2. The zero-order chi connectivity index (χ0) is 18.4. The number of allylic oxidation sites excluding steroid dienone is 1. The van der Waals surface area contributed by atoms with Gasteiger partial charge < -0.3 is 20.1 Å². The van der Waals surface area contributed by atoms with Crippen LogP contribution < -0.4 is 15.4 Å². The van der Waals surface area contributed by atoms with Crippen molar-refractivity contribution >= 4 is 12.0 Å². The van der Waals surface area contributed by atoms with Crippen molar-refractivity contribution in [3.05, 3.63) is 41.1 Å². The normalized spacial score (nSPS) is 17.2. The number of carbonyl (C=O) groups is 2. The quantitative estimate of drug-likeness (QED) is 0.743. The lowest BCUT2D eigenvalue weighted by molar-refractivity contribution is -0.141. The van der Waals surface area contributed by atoms with E-state index in [9.17, 15) is 9.59 Å². The molecule has 2 rings (SSSR count). The lowest BCUT2D eigenvalue weighted by Crippen LogP contribution is -2.45. The van der Waals surface area contributed by atoms with Crippen molar-refractivity contribution in [1.29, 1.82) is 0 Å². The Morgan fingerprint density at radius 1 is 1.20 bits per heavy atom. The molecule has 0 fully saturated rings. The first-order valence-corrected chi connectivity index (χ1v) is 8.59. The fourth-order valence-electron chi connectivity index (χ4n) is 2.81. The van der Waals surface area contributed by atoms with Crippen molar-refractivity contribution in [3.8, 4) is 5.75 Å². The Kier molecular flexibility index (Phi) is 6.44. The predicted molar refractivity (Wildman–Crippen MR) is 95.1 cm³/mol. The summed E-state index contributed by atoms with van der Waals surface area (Å²) >= 11 is 0. The number of hydrogen-bond donors (Lipinski definition) is 2. The number of benzene rings is 1. The van der Waals surface area contributed by atoms with Crippen molar-refractivity contribution in [2.45, 2.75) is 39.7 Å². The van der Waals surface area contributed by atoms with Gasteiger partial charge in [0.25, 0.3) is 0 Å². The highest BCUT2D eigenvalue weighted by molar-refractivity contribution is 5.95. The topological polar surface area (TPSA) is 76.7 Å². The molecule has 0 spiro atoms. The summed E-state index contributed by atoms with van der Waals surface area (Å²) in [7, 11) is 1.59. The summed E-state index contributed by atoms with van der Waals surface area (Å²) in [4.78, 5) is 24.5. The molecular weight excluding hydrogens is 320 g/mol. The van der Waals surface area contributed by atoms with Crippen molar-refractivity contribution in [2.24, 2.45) is 5.92 Å². The molecule has 1 aliphatic heterocycles. The van der Waals surface area contributed by atoms with Crippen LogP contribution in [0.2, 0.25) is 0 Å². The minimum absolute atomic E-state index is 0.338. The summed E-state index contributed by atoms with van der Waals surface area (Å²) in [6.07, 6.45) is 1.91. The highest BCUT2D eigenvalue weighted by Crippen LogP contribution is 2.29. The maximum absolute atomic E-state index is 12.7. The average Bonchev–Trinajstić information content (AvgIpc) is 2.61. The molecule has 25 heavy (non-hydrogen) atoms. The number of carbonyl (C=O) groups excluding carboxylic acids is 2. The van der Waals surface area contributed by atoms with Gasteiger partial charge in [-0.15, -0.1) is 0 Å². The van der Waals surface area contributed by atoms with Crippen LogP contribution in [-0.2, 0) is 9.53 Å². The molecule has 0 bridgehead atoms. The van der Waals surface area contributed by atoms with Gasteiger partial charge in [0.05, 0.1) is 25.3 Å². The minimum atomic E-state index is -0.547. The summed E-state index contributed by atoms with van der Waals surface area (Å²) in [5.41, 5.74) is 1.74. The van der Waals surface area contributed by atoms with Gasteiger partial charge in [0.1, 0.15) is 5.75 Å². The number of amides is 2. The molecule has 6 heteroatoms. The molecule has 0 radical (unpaired) electrons. The Morgan fingerprint density at radius 3 is 2.40 bits per heavy atom. The van der Waals surface area contributed by atoms with Crippen molar-refractivity contribution in [1.82, 2.24) is 10.6 Å². The minimum Gasteiger partial charge on any atom is -0.497 e. The fraction of sp³-hybridized carbons (Fsp3) is 0.474. The third-order valence-electron chi connectivity index (χ3n) is 4.54. The highest BCUT2D eigenvalue weighted by atomic mass is 16.5. The van der Waals surface area contributed by atoms with Crippen LogP contribution >= 0.6 is 0 Å². The number of nitrogens with one attached hydrogen (secondary N) is 2. The van der Waals surface area contributed by atoms with E-state index in [4.69, 9.17) is 9.47 Å². The molecule has 2 N–H and O–H groups in total. The standard InChI is InChI=1S/C19H26N2O4/c1-5-13(6-2)11-25-18(22)16-12(3)20-19(23)21-17(16)14-7-9-15(24-4)10-8-14/h7-10,13,17H,5-6,11H2,1-4H3,(H2,20,21,23)/t17-/m1/s1. The number of urea groups is 1. The van der Waals surface area contributed by atoms with Crippen molar-refractivity contribution in [3.63, 3.8) is 0 Å². The molecule has 0 saturated heterocycles. The van der Waals surface area contributed by atoms with E-state index in [-0.39, 0.29) is 6.03 Å². The van der Waals surface area contributed by atoms with Crippen LogP contribution in [0.3, 0.4) is 0 Å². The Balaban J connectivity index is 2.25. The van der Waals surface area contributed by atoms with Gasteiger partial charge in [-0.05, 0) is 30.5 Å². The zero-order valence-corrected chi connectivity index (χ0v) is 15.2. The first-order chi connectivity index (χ1) is 12.0. The van der Waals surface area contributed by atoms with E-state index in [1.807, 2.05) is 12.1 Å². The molecule has 0 aliphatic carbocycles. The maximum atomic E-state index is 12.7. The summed E-state index contributed by atoms with van der Waals surface area (Å²) in [6.45, 7) is 6.25. The first kappa shape index (κ1) is 18.8. The van der Waals surface area contributed by atoms with E-state index < -0.39 is 12.0 Å². The average molecular weight is 346 g/mol. The third kappa shape index (κ3) is 4.53. The lowest BCUT2D eigenvalue weighted by atomic mass is 9.95. The highest BCUT2D eigenvalue weighted by Gasteiger charge is 2.32. The van der Waals surface area contributed by atoms with Gasteiger partial charge in [0, 0.05) is 5.70 Å². The molecule has 1 aromatic rings. The van der Waals surface area contributed by atoms with Gasteiger partial charge in [-0.25, -0.2) is 9.59 Å². The molecule has 6 nitrogen and oxygen atoms in total. The largest absolute Gasteiger partial charge is 0.497 e. The predicted octanol–water partition coefficient (Wildman–Crippen LogP) is 3.30. The smallest absolute Gasteiger partial charge is 0.338 e. The SMILES string of the molecule is CCC(CC)COC(=O)C1=C(C)NC(=O)N[C@@H]1c1ccc(OC)cc1. The number of methoxy groups -OCH3 is 1. The lowest BCUT2D eigenvalue weighted by Gasteiger charge is -2.28. The number of esters is 1. The molecule has 0 aromatic heterocycles. The molecule has 1 aliphatic rings. The van der Waals surface area contributed by atoms with E-state index in [1.165, 1.54) is 0 Å². The monoisotopic (exact) mass is 346 g/mol. The van der Waals surface area contributed by atoms with Gasteiger partial charge in [-0.2, -0.15) is 0 Å². The second kappa shape index (κ2) is 8.55. The van der Waals surface area contributed by atoms with Crippen LogP contribution in [0.5, 0.6) is 5.75 Å². The summed E-state index contributed by atoms with van der Waals surface area (Å²) < 4.78 is 10.7. The molecule has 136 valence electrons. The van der Waals surface area contributed by atoms with Crippen molar-refractivity contribution < 1.29 is 19.1 Å². The maximum Gasteiger partial charge on any atom is 0.338 e. The van der Waals surface area contributed by atoms with Gasteiger partial charge in [-0.1, -0.05) is 38.8 Å². The molecule has 0 unspecified atom stereocenters. The van der Waals surface area contributed by atoms with Gasteiger partial charge >= 0.3 is 12.0 Å². The van der Waals surface area contributed by atoms with E-state index in [2.05, 4.69) is 24.5 Å². The fourth-order valence-corrected chi connectivity index (χ4v) is 2.81. The summed E-state index contributed by atoms with van der Waals surface area (Å²) in [6, 6.07) is 6.37. The van der Waals surface area contributed by atoms with Crippen LogP contribution in [0, 0.1) is 5.92 Å². The molecule has 1 heterocycles. The van der Waals surface area contributed by atoms with Crippen molar-refractivity contribution in [2.75, 3.05) is 13.7 Å². The second-order valence-corrected chi connectivity index (χ2v) is 6.12. The number of rotatable bonds is 7. The van der Waals surface area contributed by atoms with Gasteiger partial charge in [-0.3, -0.25) is 0 Å². The van der Waals surface area contributed by atoms with E-state index in [0.29, 0.717) is 29.5 Å². The second-order valence-electron chi connectivity index (χ2n) is 6.12. The summed E-state index contributed by atoms with van der Waals surface area (Å²) in [5.74, 6) is 0.649. The van der Waals surface area contributed by atoms with Crippen LogP contribution in [0.1, 0.15) is 45.2 Å². The van der Waals surface area contributed by atoms with E-state index in [0.717, 1.165) is 18.4 Å². The Bertz CT molecular complexity index is 648. The number of hydrogen-bond acceptors (Lipinski definition) is 4. The Hall–Kier alpha value is -2.50. The van der Waals surface area contributed by atoms with Crippen LogP contribution in [0.15, 0.2) is 35.5 Å². The van der Waals surface area contributed by atoms with Gasteiger partial charge in [0.15, 0.2) is 0 Å². The molecule has 2 amide bonds. The summed E-state index contributed by atoms with van der Waals surface area (Å²) in [5, 5.41) is 5.45.